The van der Waals surface area contributed by atoms with Crippen molar-refractivity contribution in [1.29, 1.82) is 0 Å². The van der Waals surface area contributed by atoms with Crippen molar-refractivity contribution in [1.82, 2.24) is 20.2 Å². The van der Waals surface area contributed by atoms with E-state index in [9.17, 15) is 4.79 Å². The van der Waals surface area contributed by atoms with E-state index in [1.54, 1.807) is 17.5 Å². The van der Waals surface area contributed by atoms with Gasteiger partial charge in [0.2, 0.25) is 5.91 Å². The number of thiophene rings is 1. The molecule has 4 aromatic heterocycles. The van der Waals surface area contributed by atoms with Crippen molar-refractivity contribution in [2.24, 2.45) is 5.92 Å². The summed E-state index contributed by atoms with van der Waals surface area (Å²) < 4.78 is 0. The number of nitrogens with one attached hydrogen (secondary N) is 3. The number of H-pyrrole nitrogens is 2. The fourth-order valence-corrected chi connectivity index (χ4v) is 6.63. The van der Waals surface area contributed by atoms with E-state index < -0.39 is 0 Å². The first kappa shape index (κ1) is 23.9. The van der Waals surface area contributed by atoms with Gasteiger partial charge in [-0.15, -0.1) is 11.3 Å². The second kappa shape index (κ2) is 10.2. The van der Waals surface area contributed by atoms with Crippen LogP contribution in [0.5, 0.6) is 0 Å². The van der Waals surface area contributed by atoms with Crippen LogP contribution in [-0.2, 0) is 4.79 Å². The number of pyridine rings is 1. The molecule has 0 aliphatic heterocycles. The van der Waals surface area contributed by atoms with Gasteiger partial charge in [-0.3, -0.25) is 14.9 Å². The Hall–Kier alpha value is -4.23. The summed E-state index contributed by atoms with van der Waals surface area (Å²) >= 11 is 1.75. The number of aromatic nitrogens is 4. The number of fused-ring (bicyclic) bond motifs is 2. The Kier molecular flexibility index (Phi) is 6.21. The number of anilines is 1. The number of rotatable bonds is 6. The van der Waals surface area contributed by atoms with Gasteiger partial charge in [-0.1, -0.05) is 43.5 Å². The topological polar surface area (TPSA) is 86.5 Å². The fraction of sp³-hybridized carbons (Fsp3) is 0.219. The molecule has 1 amide bonds. The average Bonchev–Trinajstić information content (AvgIpc) is 3.73. The lowest BCUT2D eigenvalue weighted by atomic mass is 9.87. The van der Waals surface area contributed by atoms with E-state index in [4.69, 9.17) is 0 Å². The van der Waals surface area contributed by atoms with Gasteiger partial charge in [0, 0.05) is 44.9 Å². The van der Waals surface area contributed by atoms with Crippen LogP contribution in [0.2, 0.25) is 0 Å². The summed E-state index contributed by atoms with van der Waals surface area (Å²) in [5.74, 6) is 0.581. The van der Waals surface area contributed by atoms with Crippen molar-refractivity contribution in [2.45, 2.75) is 38.5 Å². The van der Waals surface area contributed by atoms with Gasteiger partial charge in [0.25, 0.3) is 0 Å². The largest absolute Gasteiger partial charge is 0.353 e. The molecule has 7 rings (SSSR count). The normalized spacial score (nSPS) is 14.3. The average molecular weight is 532 g/mol. The third-order valence-electron chi connectivity index (χ3n) is 7.82. The highest BCUT2D eigenvalue weighted by atomic mass is 32.1. The van der Waals surface area contributed by atoms with Crippen LogP contribution in [0.3, 0.4) is 0 Å². The van der Waals surface area contributed by atoms with E-state index in [0.717, 1.165) is 57.5 Å². The van der Waals surface area contributed by atoms with E-state index in [1.807, 2.05) is 12.3 Å². The molecule has 6 aromatic rings. The van der Waals surface area contributed by atoms with Crippen LogP contribution in [-0.4, -0.2) is 26.1 Å². The Morgan fingerprint density at radius 2 is 1.85 bits per heavy atom. The van der Waals surface area contributed by atoms with Crippen LogP contribution in [0.4, 0.5) is 5.69 Å². The zero-order valence-corrected chi connectivity index (χ0v) is 22.4. The van der Waals surface area contributed by atoms with E-state index in [1.165, 1.54) is 35.1 Å². The molecule has 1 fully saturated rings. The SMILES string of the molecule is O=C(CC1CCCCC1)Nc1cncc(-c2ccc3[nH]nc(-c4cc5c(-c6cccs6)cccc5[nH]4)c3c2)c1. The summed E-state index contributed by atoms with van der Waals surface area (Å²) in [6, 6.07) is 21.1. The number of amides is 1. The second-order valence-corrected chi connectivity index (χ2v) is 11.4. The molecule has 0 unspecified atom stereocenters. The highest BCUT2D eigenvalue weighted by molar-refractivity contribution is 7.13. The molecule has 6 nitrogen and oxygen atoms in total. The molecule has 194 valence electrons. The molecule has 0 bridgehead atoms. The first-order valence-corrected chi connectivity index (χ1v) is 14.5. The number of hydrogen-bond acceptors (Lipinski definition) is 4. The summed E-state index contributed by atoms with van der Waals surface area (Å²) in [4.78, 5) is 21.9. The Balaban J connectivity index is 1.19. The molecule has 0 saturated heterocycles. The van der Waals surface area contributed by atoms with E-state index in [0.29, 0.717) is 12.3 Å². The molecule has 0 spiro atoms. The van der Waals surface area contributed by atoms with Crippen LogP contribution in [0.25, 0.3) is 54.8 Å². The zero-order chi connectivity index (χ0) is 26.2. The Labute approximate surface area is 230 Å². The minimum atomic E-state index is 0.0779. The smallest absolute Gasteiger partial charge is 0.224 e. The fourth-order valence-electron chi connectivity index (χ4n) is 5.86. The Morgan fingerprint density at radius 3 is 2.72 bits per heavy atom. The van der Waals surface area contributed by atoms with E-state index in [2.05, 4.69) is 85.5 Å². The lowest BCUT2D eigenvalue weighted by molar-refractivity contribution is -0.117. The third-order valence-corrected chi connectivity index (χ3v) is 8.73. The predicted octanol–water partition coefficient (Wildman–Crippen LogP) is 8.41. The first-order chi connectivity index (χ1) is 19.2. The van der Waals surface area contributed by atoms with Gasteiger partial charge in [0.1, 0.15) is 5.69 Å². The molecule has 1 aliphatic rings. The number of nitrogens with zero attached hydrogens (tertiary/aromatic N) is 2. The molecule has 1 aliphatic carbocycles. The van der Waals surface area contributed by atoms with Gasteiger partial charge in [-0.05, 0) is 66.1 Å². The molecule has 7 heteroatoms. The van der Waals surface area contributed by atoms with Gasteiger partial charge in [-0.25, -0.2) is 0 Å². The lowest BCUT2D eigenvalue weighted by Crippen LogP contribution is -2.18. The molecule has 1 saturated carbocycles. The van der Waals surface area contributed by atoms with Gasteiger partial charge >= 0.3 is 0 Å². The van der Waals surface area contributed by atoms with Gasteiger partial charge in [-0.2, -0.15) is 5.10 Å². The molecule has 0 radical (unpaired) electrons. The number of benzene rings is 2. The van der Waals surface area contributed by atoms with E-state index >= 15 is 0 Å². The zero-order valence-electron chi connectivity index (χ0n) is 21.5. The Morgan fingerprint density at radius 1 is 0.923 bits per heavy atom. The monoisotopic (exact) mass is 531 g/mol. The first-order valence-electron chi connectivity index (χ1n) is 13.6. The van der Waals surface area contributed by atoms with Crippen LogP contribution in [0.15, 0.2) is 78.4 Å². The third kappa shape index (κ3) is 4.74. The highest BCUT2D eigenvalue weighted by Crippen LogP contribution is 2.36. The lowest BCUT2D eigenvalue weighted by Gasteiger charge is -2.20. The number of carbonyl (C=O) groups excluding carboxylic acids is 1. The van der Waals surface area contributed by atoms with Gasteiger partial charge in [0.05, 0.1) is 23.1 Å². The number of hydrogen-bond donors (Lipinski definition) is 3. The molecule has 0 atom stereocenters. The van der Waals surface area contributed by atoms with Crippen molar-refractivity contribution in [3.05, 3.63) is 78.4 Å². The van der Waals surface area contributed by atoms with E-state index in [-0.39, 0.29) is 5.91 Å². The molecule has 3 N–H and O–H groups in total. The van der Waals surface area contributed by atoms with Gasteiger partial charge in [0.15, 0.2) is 0 Å². The molecular weight excluding hydrogens is 502 g/mol. The number of aromatic amines is 2. The van der Waals surface area contributed by atoms with Crippen LogP contribution < -0.4 is 5.32 Å². The molecule has 39 heavy (non-hydrogen) atoms. The second-order valence-electron chi connectivity index (χ2n) is 10.5. The summed E-state index contributed by atoms with van der Waals surface area (Å²) in [5.41, 5.74) is 7.84. The summed E-state index contributed by atoms with van der Waals surface area (Å²) in [7, 11) is 0. The predicted molar refractivity (Wildman–Crippen MR) is 160 cm³/mol. The Bertz CT molecular complexity index is 1780. The van der Waals surface area contributed by atoms with Crippen LogP contribution in [0.1, 0.15) is 38.5 Å². The van der Waals surface area contributed by atoms with Crippen molar-refractivity contribution in [3.63, 3.8) is 0 Å². The number of carbonyl (C=O) groups is 1. The maximum Gasteiger partial charge on any atom is 0.224 e. The maximum atomic E-state index is 12.7. The maximum absolute atomic E-state index is 12.7. The summed E-state index contributed by atoms with van der Waals surface area (Å²) in [6.45, 7) is 0. The van der Waals surface area contributed by atoms with Crippen LogP contribution in [0, 0.1) is 5.92 Å². The molecular formula is C32H29N5OS. The van der Waals surface area contributed by atoms with Crippen molar-refractivity contribution >= 4 is 44.7 Å². The molecule has 4 heterocycles. The van der Waals surface area contributed by atoms with Gasteiger partial charge < -0.3 is 10.3 Å². The van der Waals surface area contributed by atoms with Crippen molar-refractivity contribution < 1.29 is 4.79 Å². The van der Waals surface area contributed by atoms with Crippen molar-refractivity contribution in [2.75, 3.05) is 5.32 Å². The standard InChI is InChI=1S/C32H29N5OS/c38-31(14-20-6-2-1-3-7-20)34-23-15-22(18-33-19-23)21-11-12-28-26(16-21)32(37-36-28)29-17-25-24(30-10-5-13-39-30)8-4-9-27(25)35-29/h4-5,8-13,15-20,35H,1-3,6-7,14H2,(H,34,38)(H,36,37). The summed E-state index contributed by atoms with van der Waals surface area (Å²) in [5, 5.41) is 15.3. The van der Waals surface area contributed by atoms with Crippen molar-refractivity contribution in [3.8, 4) is 33.0 Å². The minimum absolute atomic E-state index is 0.0779. The summed E-state index contributed by atoms with van der Waals surface area (Å²) in [6.07, 6.45) is 10.2. The minimum Gasteiger partial charge on any atom is -0.353 e. The van der Waals surface area contributed by atoms with Crippen LogP contribution >= 0.6 is 11.3 Å². The molecule has 2 aromatic carbocycles. The highest BCUT2D eigenvalue weighted by Gasteiger charge is 2.18. The quantitative estimate of drug-likeness (QED) is 0.202.